The van der Waals surface area contributed by atoms with E-state index in [2.05, 4.69) is 0 Å². The predicted octanol–water partition coefficient (Wildman–Crippen LogP) is 3.63. The minimum atomic E-state index is -2.23. The molecule has 0 aromatic heterocycles. The highest BCUT2D eigenvalue weighted by atomic mass is 35.5. The molecule has 3 N–H and O–H groups in total. The fourth-order valence-electron chi connectivity index (χ4n) is 7.58. The van der Waals surface area contributed by atoms with Crippen molar-refractivity contribution in [2.75, 3.05) is 9.80 Å². The van der Waals surface area contributed by atoms with Crippen LogP contribution in [0.3, 0.4) is 0 Å². The summed E-state index contributed by atoms with van der Waals surface area (Å²) in [4.78, 5) is 54.0. The van der Waals surface area contributed by atoms with Crippen LogP contribution in [0.25, 0.3) is 0 Å². The van der Waals surface area contributed by atoms with Crippen LogP contribution in [0.1, 0.15) is 24.3 Å². The summed E-state index contributed by atoms with van der Waals surface area (Å²) < 4.78 is 13.8. The summed E-state index contributed by atoms with van der Waals surface area (Å²) in [6.07, 6.45) is 1.47. The predicted molar refractivity (Wildman–Crippen MR) is 168 cm³/mol. The molecule has 14 heteroatoms. The highest BCUT2D eigenvalue weighted by molar-refractivity contribution is 6.59. The highest BCUT2D eigenvalue weighted by Crippen LogP contribution is 2.66. The van der Waals surface area contributed by atoms with Crippen LogP contribution in [0.2, 0.25) is 5.02 Å². The highest BCUT2D eigenvalue weighted by Gasteiger charge is 2.77. The lowest BCUT2D eigenvalue weighted by atomic mass is 9.56. The third-order valence-electron chi connectivity index (χ3n) is 9.62. The number of halogens is 4. The van der Waals surface area contributed by atoms with Crippen LogP contribution in [0.15, 0.2) is 78.4 Å². The molecule has 9 nitrogen and oxygen atoms in total. The molecule has 0 radical (unpaired) electrons. The number of amides is 4. The van der Waals surface area contributed by atoms with Gasteiger partial charge in [-0.05, 0) is 78.8 Å². The van der Waals surface area contributed by atoms with Gasteiger partial charge >= 0.3 is 7.12 Å². The molecule has 6 unspecified atom stereocenters. The zero-order valence-corrected chi connectivity index (χ0v) is 25.9. The number of fused-ring (bicyclic) bond motifs is 4. The van der Waals surface area contributed by atoms with Crippen molar-refractivity contribution >= 4 is 82.4 Å². The lowest BCUT2D eigenvalue weighted by molar-refractivity contribution is -0.125. The van der Waals surface area contributed by atoms with Crippen LogP contribution in [0.5, 0.6) is 5.75 Å². The van der Waals surface area contributed by atoms with Crippen molar-refractivity contribution in [1.29, 1.82) is 0 Å². The Kier molecular flexibility index (Phi) is 7.15. The fraction of sp³-hybridized carbons (Fsp3) is 0.250. The molecule has 3 aromatic rings. The fourth-order valence-corrected chi connectivity index (χ4v) is 8.69. The third-order valence-corrected chi connectivity index (χ3v) is 11.3. The maximum atomic E-state index is 14.4. The zero-order valence-electron chi connectivity index (χ0n) is 23.6. The molecule has 46 heavy (non-hydrogen) atoms. The van der Waals surface area contributed by atoms with Gasteiger partial charge in [-0.15, -0.1) is 23.2 Å². The Labute approximate surface area is 276 Å². The van der Waals surface area contributed by atoms with Gasteiger partial charge in [0.25, 0.3) is 11.8 Å². The molecular formula is C32H23BCl3FN2O7. The van der Waals surface area contributed by atoms with Crippen molar-refractivity contribution in [3.05, 3.63) is 94.8 Å². The Bertz CT molecular complexity index is 1890. The summed E-state index contributed by atoms with van der Waals surface area (Å²) >= 11 is 20.9. The summed E-state index contributed by atoms with van der Waals surface area (Å²) in [5.41, 5.74) is 0.776. The van der Waals surface area contributed by atoms with Crippen LogP contribution in [0, 0.1) is 23.6 Å². The molecule has 234 valence electrons. The first-order chi connectivity index (χ1) is 21.8. The number of aromatic hydroxyl groups is 1. The van der Waals surface area contributed by atoms with Gasteiger partial charge in [-0.2, -0.15) is 0 Å². The van der Waals surface area contributed by atoms with E-state index in [4.69, 9.17) is 34.8 Å². The maximum Gasteiger partial charge on any atom is 0.488 e. The van der Waals surface area contributed by atoms with E-state index in [0.717, 1.165) is 21.9 Å². The van der Waals surface area contributed by atoms with Gasteiger partial charge in [-0.1, -0.05) is 35.4 Å². The first-order valence-corrected chi connectivity index (χ1v) is 15.5. The molecule has 3 fully saturated rings. The normalized spacial score (nSPS) is 30.3. The molecule has 6 atom stereocenters. The van der Waals surface area contributed by atoms with Gasteiger partial charge < -0.3 is 15.2 Å². The van der Waals surface area contributed by atoms with E-state index in [9.17, 15) is 38.7 Å². The molecule has 4 aliphatic rings. The Morgan fingerprint density at radius 3 is 2.26 bits per heavy atom. The first-order valence-electron chi connectivity index (χ1n) is 14.3. The van der Waals surface area contributed by atoms with E-state index < -0.39 is 70.0 Å². The molecule has 3 aromatic carbocycles. The zero-order chi connectivity index (χ0) is 32.9. The number of benzene rings is 3. The van der Waals surface area contributed by atoms with Crippen LogP contribution < -0.4 is 15.3 Å². The first kappa shape index (κ1) is 30.9. The number of nitrogens with zero attached hydrogens (tertiary/aromatic N) is 2. The van der Waals surface area contributed by atoms with Crippen molar-refractivity contribution in [3.8, 4) is 5.75 Å². The van der Waals surface area contributed by atoms with Gasteiger partial charge in [0.1, 0.15) is 11.6 Å². The Hall–Kier alpha value is -3.74. The van der Waals surface area contributed by atoms with E-state index in [1.165, 1.54) is 54.6 Å². The molecule has 4 amide bonds. The quantitative estimate of drug-likeness (QED) is 0.166. The van der Waals surface area contributed by atoms with Gasteiger partial charge in [0, 0.05) is 16.5 Å². The lowest BCUT2D eigenvalue weighted by Crippen LogP contribution is -2.60. The van der Waals surface area contributed by atoms with Crippen LogP contribution >= 0.6 is 34.8 Å². The van der Waals surface area contributed by atoms with Crippen LogP contribution in [0.4, 0.5) is 15.8 Å². The summed E-state index contributed by atoms with van der Waals surface area (Å²) in [7, 11) is -1.84. The summed E-state index contributed by atoms with van der Waals surface area (Å²) in [5, 5.41) is 30.7. The second kappa shape index (κ2) is 10.6. The molecule has 2 aliphatic heterocycles. The number of phenolic OH excluding ortho intramolecular Hbond substituents is 1. The Balaban J connectivity index is 1.39. The van der Waals surface area contributed by atoms with Crippen LogP contribution in [-0.2, 0) is 19.2 Å². The molecule has 2 saturated heterocycles. The molecule has 0 spiro atoms. The summed E-state index contributed by atoms with van der Waals surface area (Å²) in [6, 6.07) is 14.5. The maximum absolute atomic E-state index is 14.4. The monoisotopic (exact) mass is 682 g/mol. The van der Waals surface area contributed by atoms with Crippen molar-refractivity contribution < 1.29 is 38.7 Å². The third kappa shape index (κ3) is 4.15. The number of rotatable bonds is 4. The minimum absolute atomic E-state index is 0.0268. The number of allylic oxidation sites excluding steroid dienone is 2. The number of imide groups is 2. The average molecular weight is 684 g/mol. The van der Waals surface area contributed by atoms with Gasteiger partial charge in [0.05, 0.1) is 23.2 Å². The van der Waals surface area contributed by atoms with Gasteiger partial charge in [0.15, 0.2) is 9.75 Å². The second-order valence-electron chi connectivity index (χ2n) is 11.9. The van der Waals surface area contributed by atoms with E-state index >= 15 is 0 Å². The van der Waals surface area contributed by atoms with Crippen molar-refractivity contribution in [3.63, 3.8) is 0 Å². The van der Waals surface area contributed by atoms with E-state index in [1.54, 1.807) is 6.08 Å². The van der Waals surface area contributed by atoms with Gasteiger partial charge in [0.2, 0.25) is 11.8 Å². The SMILES string of the molecule is O=C1C2CC=C3C(CC4(Cl)C(=O)N(c5ccc(F)cc5)C(=O)C4(Cl)C3c3cc(Cl)ccc3O)C2C(=O)N1c1cccc(B(O)O)c1. The minimum Gasteiger partial charge on any atom is -0.508 e. The van der Waals surface area contributed by atoms with Gasteiger partial charge in [-0.25, -0.2) is 9.29 Å². The number of hydrogen-bond acceptors (Lipinski definition) is 7. The molecule has 0 bridgehead atoms. The van der Waals surface area contributed by atoms with Crippen molar-refractivity contribution in [1.82, 2.24) is 0 Å². The van der Waals surface area contributed by atoms with Gasteiger partial charge in [-0.3, -0.25) is 24.1 Å². The van der Waals surface area contributed by atoms with Crippen molar-refractivity contribution in [2.24, 2.45) is 17.8 Å². The molecule has 2 heterocycles. The Morgan fingerprint density at radius 2 is 1.57 bits per heavy atom. The number of anilines is 2. The number of carbonyl (C=O) groups excluding carboxylic acids is 4. The second-order valence-corrected chi connectivity index (χ2v) is 13.6. The lowest BCUT2D eigenvalue weighted by Gasteiger charge is -2.50. The van der Waals surface area contributed by atoms with Crippen LogP contribution in [-0.4, -0.2) is 55.7 Å². The molecule has 2 aliphatic carbocycles. The number of alkyl halides is 2. The summed E-state index contributed by atoms with van der Waals surface area (Å²) in [6.45, 7) is 0. The number of phenols is 1. The Morgan fingerprint density at radius 1 is 0.848 bits per heavy atom. The van der Waals surface area contributed by atoms with Crippen molar-refractivity contribution in [2.45, 2.75) is 28.5 Å². The molecule has 1 saturated carbocycles. The molecule has 7 rings (SSSR count). The van der Waals surface area contributed by atoms with E-state index in [-0.39, 0.29) is 46.0 Å². The van der Waals surface area contributed by atoms with E-state index in [1.807, 2.05) is 0 Å². The standard InChI is InChI=1S/C32H23BCl3FN2O7/c34-16-4-11-24(40)22(13-16)26-20-9-10-21-25(28(42)38(27(21)41)19-3-1-2-15(12-19)33(45)46)23(20)14-31(35)29(43)39(30(44)32(26,31)36)18-7-5-17(37)6-8-18/h1-9,11-13,21,23,25-26,40,45-46H,10,14H2. The smallest absolute Gasteiger partial charge is 0.488 e. The number of hydrogen-bond donors (Lipinski definition) is 3. The average Bonchev–Trinajstić information content (AvgIpc) is 3.37. The largest absolute Gasteiger partial charge is 0.508 e. The number of carbonyl (C=O) groups is 4. The molecular weight excluding hydrogens is 661 g/mol. The topological polar surface area (TPSA) is 135 Å². The van der Waals surface area contributed by atoms with E-state index in [0.29, 0.717) is 5.57 Å². The summed E-state index contributed by atoms with van der Waals surface area (Å²) in [5.74, 6) is -7.84.